The number of hydrogen-bond donors (Lipinski definition) is 2. The molecule has 2 heterocycles. The molecule has 6 heteroatoms. The number of para-hydroxylation sites is 2. The lowest BCUT2D eigenvalue weighted by atomic mass is 10.1. The zero-order valence-electron chi connectivity index (χ0n) is 17.2. The number of anilines is 1. The van der Waals surface area contributed by atoms with E-state index >= 15 is 0 Å². The second-order valence-electron chi connectivity index (χ2n) is 7.07. The zero-order valence-corrected chi connectivity index (χ0v) is 18.0. The SMILES string of the molecule is CCNC(=NCc1ccc(CC)s1)NCC1CCN(c2ccccc2OC)C1. The Bertz CT molecular complexity index is 773. The lowest BCUT2D eigenvalue weighted by Crippen LogP contribution is -2.40. The normalized spacial score (nSPS) is 17.0. The van der Waals surface area contributed by atoms with Crippen molar-refractivity contribution in [2.75, 3.05) is 38.2 Å². The van der Waals surface area contributed by atoms with Crippen LogP contribution in [0.2, 0.25) is 0 Å². The molecule has 2 aromatic rings. The van der Waals surface area contributed by atoms with Gasteiger partial charge < -0.3 is 20.3 Å². The maximum Gasteiger partial charge on any atom is 0.191 e. The monoisotopic (exact) mass is 400 g/mol. The summed E-state index contributed by atoms with van der Waals surface area (Å²) >= 11 is 1.86. The van der Waals surface area contributed by atoms with Gasteiger partial charge in [-0.15, -0.1) is 11.3 Å². The van der Waals surface area contributed by atoms with E-state index in [1.165, 1.54) is 21.9 Å². The third-order valence-electron chi connectivity index (χ3n) is 5.07. The third kappa shape index (κ3) is 5.41. The Morgan fingerprint density at radius 2 is 2.00 bits per heavy atom. The summed E-state index contributed by atoms with van der Waals surface area (Å²) in [7, 11) is 1.74. The first-order valence-electron chi connectivity index (χ1n) is 10.2. The highest BCUT2D eigenvalue weighted by Gasteiger charge is 2.24. The number of hydrogen-bond acceptors (Lipinski definition) is 4. The Morgan fingerprint density at radius 3 is 2.75 bits per heavy atom. The summed E-state index contributed by atoms with van der Waals surface area (Å²) in [5, 5.41) is 6.91. The smallest absolute Gasteiger partial charge is 0.191 e. The summed E-state index contributed by atoms with van der Waals surface area (Å²) in [5.41, 5.74) is 1.19. The van der Waals surface area contributed by atoms with Crippen LogP contribution in [-0.4, -0.2) is 39.2 Å². The molecule has 5 nitrogen and oxygen atoms in total. The Kier molecular flexibility index (Phi) is 7.60. The van der Waals surface area contributed by atoms with E-state index in [0.717, 1.165) is 50.9 Å². The van der Waals surface area contributed by atoms with Crippen molar-refractivity contribution in [3.8, 4) is 5.75 Å². The standard InChI is InChI=1S/C22H32N4OS/c1-4-18-10-11-19(28-18)15-25-22(23-5-2)24-14-17-12-13-26(16-17)20-8-6-7-9-21(20)27-3/h6-11,17H,4-5,12-16H2,1-3H3,(H2,23,24,25). The van der Waals surface area contributed by atoms with Crippen molar-refractivity contribution in [2.45, 2.75) is 33.2 Å². The van der Waals surface area contributed by atoms with E-state index in [2.05, 4.69) is 53.6 Å². The summed E-state index contributed by atoms with van der Waals surface area (Å²) in [6.45, 7) is 8.94. The number of guanidine groups is 1. The molecule has 3 rings (SSSR count). The molecule has 1 unspecified atom stereocenters. The molecule has 1 aliphatic heterocycles. The summed E-state index contributed by atoms with van der Waals surface area (Å²) < 4.78 is 5.52. The molecule has 1 aromatic carbocycles. The first-order chi connectivity index (χ1) is 13.7. The van der Waals surface area contributed by atoms with Crippen molar-refractivity contribution in [1.29, 1.82) is 0 Å². The van der Waals surface area contributed by atoms with E-state index in [1.807, 2.05) is 23.5 Å². The van der Waals surface area contributed by atoms with Gasteiger partial charge in [0.15, 0.2) is 5.96 Å². The molecule has 2 N–H and O–H groups in total. The van der Waals surface area contributed by atoms with Crippen molar-refractivity contribution in [3.05, 3.63) is 46.2 Å². The third-order valence-corrected chi connectivity index (χ3v) is 6.29. The van der Waals surface area contributed by atoms with E-state index in [-0.39, 0.29) is 0 Å². The highest BCUT2D eigenvalue weighted by molar-refractivity contribution is 7.11. The molecule has 1 fully saturated rings. The van der Waals surface area contributed by atoms with Gasteiger partial charge in [-0.25, -0.2) is 4.99 Å². The van der Waals surface area contributed by atoms with Crippen LogP contribution in [0.25, 0.3) is 0 Å². The second kappa shape index (κ2) is 10.4. The molecule has 0 saturated carbocycles. The average Bonchev–Trinajstić information content (AvgIpc) is 3.39. The minimum Gasteiger partial charge on any atom is -0.495 e. The highest BCUT2D eigenvalue weighted by atomic mass is 32.1. The van der Waals surface area contributed by atoms with E-state index in [1.54, 1.807) is 7.11 Å². The minimum atomic E-state index is 0.599. The van der Waals surface area contributed by atoms with Crippen LogP contribution in [0.3, 0.4) is 0 Å². The van der Waals surface area contributed by atoms with Crippen LogP contribution in [0, 0.1) is 5.92 Å². The number of aryl methyl sites for hydroxylation is 1. The van der Waals surface area contributed by atoms with Crippen molar-refractivity contribution < 1.29 is 4.74 Å². The van der Waals surface area contributed by atoms with Gasteiger partial charge in [-0.2, -0.15) is 0 Å². The molecule has 28 heavy (non-hydrogen) atoms. The average molecular weight is 401 g/mol. The molecule has 0 bridgehead atoms. The minimum absolute atomic E-state index is 0.599. The number of rotatable bonds is 8. The van der Waals surface area contributed by atoms with E-state index in [0.29, 0.717) is 5.92 Å². The number of aliphatic imine (C=N–C) groups is 1. The molecular formula is C22H32N4OS. The summed E-state index contributed by atoms with van der Waals surface area (Å²) in [6, 6.07) is 12.7. The molecule has 0 aliphatic carbocycles. The summed E-state index contributed by atoms with van der Waals surface area (Å²) in [5.74, 6) is 2.46. The second-order valence-corrected chi connectivity index (χ2v) is 8.32. The van der Waals surface area contributed by atoms with Gasteiger partial charge in [-0.3, -0.25) is 0 Å². The molecule has 1 atom stereocenters. The van der Waals surface area contributed by atoms with Crippen LogP contribution < -0.4 is 20.3 Å². The fourth-order valence-corrected chi connectivity index (χ4v) is 4.43. The van der Waals surface area contributed by atoms with Gasteiger partial charge in [0.05, 0.1) is 19.3 Å². The van der Waals surface area contributed by atoms with Gasteiger partial charge in [0.25, 0.3) is 0 Å². The van der Waals surface area contributed by atoms with Gasteiger partial charge >= 0.3 is 0 Å². The van der Waals surface area contributed by atoms with Crippen molar-refractivity contribution in [3.63, 3.8) is 0 Å². The summed E-state index contributed by atoms with van der Waals surface area (Å²) in [6.07, 6.45) is 2.27. The van der Waals surface area contributed by atoms with Crippen LogP contribution in [0.5, 0.6) is 5.75 Å². The van der Waals surface area contributed by atoms with Gasteiger partial charge in [0, 0.05) is 35.9 Å². The van der Waals surface area contributed by atoms with Crippen LogP contribution >= 0.6 is 11.3 Å². The fraction of sp³-hybridized carbons (Fsp3) is 0.500. The molecule has 0 amide bonds. The first kappa shape index (κ1) is 20.5. The maximum absolute atomic E-state index is 5.52. The molecule has 1 saturated heterocycles. The lowest BCUT2D eigenvalue weighted by molar-refractivity contribution is 0.414. The van der Waals surface area contributed by atoms with E-state index in [4.69, 9.17) is 9.73 Å². The van der Waals surface area contributed by atoms with Crippen molar-refractivity contribution in [1.82, 2.24) is 10.6 Å². The van der Waals surface area contributed by atoms with Crippen molar-refractivity contribution >= 4 is 23.0 Å². The van der Waals surface area contributed by atoms with Crippen LogP contribution in [0.4, 0.5) is 5.69 Å². The number of thiophene rings is 1. The topological polar surface area (TPSA) is 48.9 Å². The molecule has 1 aliphatic rings. The predicted octanol–water partition coefficient (Wildman–Crippen LogP) is 3.90. The van der Waals surface area contributed by atoms with Crippen molar-refractivity contribution in [2.24, 2.45) is 10.9 Å². The van der Waals surface area contributed by atoms with Gasteiger partial charge in [0.1, 0.15) is 5.75 Å². The summed E-state index contributed by atoms with van der Waals surface area (Å²) in [4.78, 5) is 9.93. The maximum atomic E-state index is 5.52. The number of nitrogens with zero attached hydrogens (tertiary/aromatic N) is 2. The Labute approximate surface area is 172 Å². The number of methoxy groups -OCH3 is 1. The highest BCUT2D eigenvalue weighted by Crippen LogP contribution is 2.31. The Hall–Kier alpha value is -2.21. The Balaban J connectivity index is 1.53. The quantitative estimate of drug-likeness (QED) is 0.521. The van der Waals surface area contributed by atoms with Crippen LogP contribution in [0.15, 0.2) is 41.4 Å². The molecular weight excluding hydrogens is 368 g/mol. The lowest BCUT2D eigenvalue weighted by Gasteiger charge is -2.21. The molecule has 1 aromatic heterocycles. The predicted molar refractivity (Wildman–Crippen MR) is 120 cm³/mol. The van der Waals surface area contributed by atoms with Gasteiger partial charge in [-0.1, -0.05) is 19.1 Å². The van der Waals surface area contributed by atoms with Gasteiger partial charge in [0.2, 0.25) is 0 Å². The fourth-order valence-electron chi connectivity index (χ4n) is 3.55. The van der Waals surface area contributed by atoms with Crippen LogP contribution in [-0.2, 0) is 13.0 Å². The van der Waals surface area contributed by atoms with Gasteiger partial charge in [-0.05, 0) is 49.9 Å². The molecule has 0 radical (unpaired) electrons. The number of nitrogens with one attached hydrogen (secondary N) is 2. The van der Waals surface area contributed by atoms with E-state index < -0.39 is 0 Å². The number of benzene rings is 1. The zero-order chi connectivity index (χ0) is 19.8. The molecule has 0 spiro atoms. The Morgan fingerprint density at radius 1 is 1.18 bits per heavy atom. The van der Waals surface area contributed by atoms with E-state index in [9.17, 15) is 0 Å². The number of ether oxygens (including phenoxy) is 1. The first-order valence-corrected chi connectivity index (χ1v) is 11.0. The molecule has 152 valence electrons. The van der Waals surface area contributed by atoms with Crippen LogP contribution in [0.1, 0.15) is 30.0 Å². The largest absolute Gasteiger partial charge is 0.495 e.